The molecule has 0 aliphatic rings. The zero-order chi connectivity index (χ0) is 19.5. The quantitative estimate of drug-likeness (QED) is 0.554. The van der Waals surface area contributed by atoms with Crippen molar-refractivity contribution in [2.45, 2.75) is 19.4 Å². The van der Waals surface area contributed by atoms with Gasteiger partial charge in [-0.05, 0) is 12.5 Å². The minimum absolute atomic E-state index is 0.147. The number of aromatic nitrogens is 5. The Labute approximate surface area is 161 Å². The number of nitrogens with one attached hydrogen (secondary N) is 1. The Kier molecular flexibility index (Phi) is 4.56. The molecule has 8 heteroatoms. The zero-order valence-corrected chi connectivity index (χ0v) is 15.2. The fourth-order valence-electron chi connectivity index (χ4n) is 3.14. The van der Waals surface area contributed by atoms with E-state index in [-0.39, 0.29) is 17.4 Å². The van der Waals surface area contributed by atoms with Gasteiger partial charge in [-0.25, -0.2) is 19.5 Å². The van der Waals surface area contributed by atoms with Crippen LogP contribution in [-0.4, -0.2) is 24.6 Å². The normalized spacial score (nSPS) is 11.9. The Balaban J connectivity index is 1.84. The number of benzene rings is 1. The van der Waals surface area contributed by atoms with Gasteiger partial charge in [-0.1, -0.05) is 37.3 Å². The van der Waals surface area contributed by atoms with Gasteiger partial charge in [0.05, 0.1) is 11.7 Å². The molecule has 3 heterocycles. The predicted molar refractivity (Wildman–Crippen MR) is 106 cm³/mol. The summed E-state index contributed by atoms with van der Waals surface area (Å²) in [4.78, 5) is 12.5. The summed E-state index contributed by atoms with van der Waals surface area (Å²) in [5.74, 6) is 0.559. The van der Waals surface area contributed by atoms with Crippen LogP contribution in [0.25, 0.3) is 16.9 Å². The van der Waals surface area contributed by atoms with Crippen molar-refractivity contribution in [1.82, 2.24) is 24.6 Å². The highest BCUT2D eigenvalue weighted by Gasteiger charge is 2.20. The van der Waals surface area contributed by atoms with Crippen LogP contribution < -0.4 is 11.1 Å². The number of nitriles is 1. The van der Waals surface area contributed by atoms with Crippen LogP contribution in [0.3, 0.4) is 0 Å². The third-order valence-electron chi connectivity index (χ3n) is 4.55. The van der Waals surface area contributed by atoms with Crippen LogP contribution in [0.5, 0.6) is 0 Å². The molecular weight excluding hydrogens is 352 g/mol. The van der Waals surface area contributed by atoms with E-state index < -0.39 is 0 Å². The average molecular weight is 370 g/mol. The zero-order valence-electron chi connectivity index (χ0n) is 15.2. The van der Waals surface area contributed by atoms with Crippen molar-refractivity contribution in [3.63, 3.8) is 0 Å². The lowest BCUT2D eigenvalue weighted by Gasteiger charge is -2.21. The highest BCUT2D eigenvalue weighted by molar-refractivity contribution is 5.68. The second kappa shape index (κ2) is 7.32. The Hall–Kier alpha value is -3.99. The van der Waals surface area contributed by atoms with Crippen molar-refractivity contribution in [2.75, 3.05) is 11.1 Å². The first-order valence-corrected chi connectivity index (χ1v) is 8.88. The van der Waals surface area contributed by atoms with Gasteiger partial charge in [0.15, 0.2) is 5.65 Å². The maximum atomic E-state index is 9.43. The van der Waals surface area contributed by atoms with Crippen LogP contribution >= 0.6 is 0 Å². The molecule has 8 nitrogen and oxygen atoms in total. The van der Waals surface area contributed by atoms with E-state index in [1.54, 1.807) is 10.7 Å². The molecule has 0 spiro atoms. The molecule has 0 fully saturated rings. The van der Waals surface area contributed by atoms with Gasteiger partial charge in [-0.2, -0.15) is 10.4 Å². The Morgan fingerprint density at radius 2 is 2.04 bits per heavy atom. The first-order valence-electron chi connectivity index (χ1n) is 8.88. The fourth-order valence-corrected chi connectivity index (χ4v) is 3.14. The van der Waals surface area contributed by atoms with Crippen LogP contribution in [-0.2, 0) is 0 Å². The molecule has 0 saturated heterocycles. The van der Waals surface area contributed by atoms with Crippen molar-refractivity contribution in [3.05, 3.63) is 66.2 Å². The van der Waals surface area contributed by atoms with Crippen LogP contribution in [0.2, 0.25) is 0 Å². The van der Waals surface area contributed by atoms with E-state index in [1.807, 2.05) is 42.6 Å². The lowest BCUT2D eigenvalue weighted by Crippen LogP contribution is -2.15. The Morgan fingerprint density at radius 3 is 2.79 bits per heavy atom. The number of fused-ring (bicyclic) bond motifs is 1. The molecule has 0 aliphatic heterocycles. The lowest BCUT2D eigenvalue weighted by molar-refractivity contribution is 0.734. The van der Waals surface area contributed by atoms with E-state index >= 15 is 0 Å². The molecule has 3 N–H and O–H groups in total. The van der Waals surface area contributed by atoms with Crippen molar-refractivity contribution in [2.24, 2.45) is 0 Å². The standard InChI is InChI=1S/C20H18N8/c1-2-16(26-20-15(11-21)19(22)24-12-25-20)14-10-17-23-8-9-28(17)27-18(14)13-6-4-3-5-7-13/h3-10,12,16H,2H2,1H3,(H3,22,24,25,26). The summed E-state index contributed by atoms with van der Waals surface area (Å²) in [6.45, 7) is 2.05. The third kappa shape index (κ3) is 3.10. The molecule has 0 aliphatic carbocycles. The number of hydrogen-bond acceptors (Lipinski definition) is 7. The van der Waals surface area contributed by atoms with Gasteiger partial charge >= 0.3 is 0 Å². The second-order valence-electron chi connectivity index (χ2n) is 6.24. The summed E-state index contributed by atoms with van der Waals surface area (Å²) in [7, 11) is 0. The van der Waals surface area contributed by atoms with Gasteiger partial charge in [0, 0.05) is 23.5 Å². The van der Waals surface area contributed by atoms with E-state index in [2.05, 4.69) is 33.3 Å². The monoisotopic (exact) mass is 370 g/mol. The molecule has 1 aromatic carbocycles. The molecule has 0 saturated carbocycles. The highest BCUT2D eigenvalue weighted by Crippen LogP contribution is 2.32. The van der Waals surface area contributed by atoms with Gasteiger partial charge in [-0.15, -0.1) is 0 Å². The van der Waals surface area contributed by atoms with E-state index in [1.165, 1.54) is 6.33 Å². The molecular formula is C20H18N8. The maximum Gasteiger partial charge on any atom is 0.153 e. The molecule has 4 aromatic rings. The summed E-state index contributed by atoms with van der Waals surface area (Å²) in [5, 5.41) is 17.5. The largest absolute Gasteiger partial charge is 0.382 e. The molecule has 0 radical (unpaired) electrons. The van der Waals surface area contributed by atoms with Gasteiger partial charge in [0.1, 0.15) is 29.6 Å². The minimum atomic E-state index is -0.147. The van der Waals surface area contributed by atoms with Gasteiger partial charge in [0.2, 0.25) is 0 Å². The van der Waals surface area contributed by atoms with Crippen LogP contribution in [0.15, 0.2) is 55.1 Å². The van der Waals surface area contributed by atoms with Gasteiger partial charge < -0.3 is 11.1 Å². The highest BCUT2D eigenvalue weighted by atomic mass is 15.2. The molecule has 138 valence electrons. The summed E-state index contributed by atoms with van der Waals surface area (Å²) in [6, 6.07) is 13.9. The van der Waals surface area contributed by atoms with Crippen LogP contribution in [0, 0.1) is 11.3 Å². The molecule has 0 bridgehead atoms. The molecule has 4 rings (SSSR count). The Bertz CT molecular complexity index is 1160. The van der Waals surface area contributed by atoms with Crippen LogP contribution in [0.4, 0.5) is 11.6 Å². The van der Waals surface area contributed by atoms with E-state index in [0.717, 1.165) is 28.9 Å². The summed E-state index contributed by atoms with van der Waals surface area (Å²) in [6.07, 6.45) is 5.62. The number of anilines is 2. The van der Waals surface area contributed by atoms with Gasteiger partial charge in [-0.3, -0.25) is 0 Å². The summed E-state index contributed by atoms with van der Waals surface area (Å²) in [5.41, 5.74) is 9.61. The Morgan fingerprint density at radius 1 is 1.21 bits per heavy atom. The molecule has 3 aromatic heterocycles. The summed E-state index contributed by atoms with van der Waals surface area (Å²) >= 11 is 0. The van der Waals surface area contributed by atoms with E-state index in [4.69, 9.17) is 10.8 Å². The fraction of sp³-hybridized carbons (Fsp3) is 0.150. The summed E-state index contributed by atoms with van der Waals surface area (Å²) < 4.78 is 1.75. The van der Waals surface area contributed by atoms with Crippen LogP contribution in [0.1, 0.15) is 30.5 Å². The molecule has 28 heavy (non-hydrogen) atoms. The minimum Gasteiger partial charge on any atom is -0.382 e. The SMILES string of the molecule is CCC(Nc1ncnc(N)c1C#N)c1cc2nccn2nc1-c1ccccc1. The molecule has 0 amide bonds. The van der Waals surface area contributed by atoms with E-state index in [0.29, 0.717) is 5.82 Å². The molecule has 1 atom stereocenters. The number of nitrogens with two attached hydrogens (primary N) is 1. The predicted octanol–water partition coefficient (Wildman–Crippen LogP) is 3.20. The van der Waals surface area contributed by atoms with E-state index in [9.17, 15) is 5.26 Å². The number of nitrogen functional groups attached to an aromatic ring is 1. The smallest absolute Gasteiger partial charge is 0.153 e. The van der Waals surface area contributed by atoms with Crippen molar-refractivity contribution in [3.8, 4) is 17.3 Å². The molecule has 1 unspecified atom stereocenters. The number of nitrogens with zero attached hydrogens (tertiary/aromatic N) is 6. The number of rotatable bonds is 5. The van der Waals surface area contributed by atoms with Crippen molar-refractivity contribution < 1.29 is 0 Å². The average Bonchev–Trinajstić information content (AvgIpc) is 3.19. The topological polar surface area (TPSA) is 118 Å². The number of imidazole rings is 1. The third-order valence-corrected chi connectivity index (χ3v) is 4.55. The second-order valence-corrected chi connectivity index (χ2v) is 6.24. The van der Waals surface area contributed by atoms with Crippen molar-refractivity contribution >= 4 is 17.3 Å². The lowest BCUT2D eigenvalue weighted by atomic mass is 9.98. The first kappa shape index (κ1) is 17.4. The maximum absolute atomic E-state index is 9.43. The number of hydrogen-bond donors (Lipinski definition) is 2. The first-order chi connectivity index (χ1) is 13.7. The van der Waals surface area contributed by atoms with Crippen molar-refractivity contribution in [1.29, 1.82) is 5.26 Å². The van der Waals surface area contributed by atoms with Gasteiger partial charge in [0.25, 0.3) is 0 Å².